The zero-order chi connectivity index (χ0) is 53.2. The Morgan fingerprint density at radius 1 is 0.296 bits per heavy atom. The number of carbonyl (C=O) groups excluding carboxylic acids is 1. The highest BCUT2D eigenvalue weighted by Gasteiger charge is 2.40. The lowest BCUT2D eigenvalue weighted by molar-refractivity contribution is -0.570. The number of fused-ring (bicyclic) bond motifs is 15. The van der Waals surface area contributed by atoms with Crippen LogP contribution in [0.15, 0.2) is 254 Å². The SMILES string of the molecule is O=C1c2cc(-c3ccc4c(c3)sc3ccc(-c5cc6c7ccccc7c(=O)n7c8ccc(-c9ccc%10sc%11ccccc%11c%10c9)cc8c(c5)c67)cc34)ccc2-c2cccc3c2[n+]1c1ccccc1[n+]3-c1ccc(-c2ccccc2)cc1. The summed E-state index contributed by atoms with van der Waals surface area (Å²) in [5.74, 6) is -0.0361. The van der Waals surface area contributed by atoms with Gasteiger partial charge in [-0.15, -0.1) is 31.8 Å². The molecular weight excluding hydrogens is 1030 g/mol. The molecule has 5 aromatic heterocycles. The van der Waals surface area contributed by atoms with Crippen LogP contribution in [0.5, 0.6) is 0 Å². The van der Waals surface area contributed by atoms with E-state index >= 15 is 4.79 Å². The Morgan fingerprint density at radius 3 is 1.62 bits per heavy atom. The number of rotatable bonds is 5. The van der Waals surface area contributed by atoms with Crippen LogP contribution in [-0.2, 0) is 0 Å². The van der Waals surface area contributed by atoms with Gasteiger partial charge in [0.25, 0.3) is 27.6 Å². The molecule has 0 fully saturated rings. The molecule has 12 aromatic carbocycles. The van der Waals surface area contributed by atoms with Crippen molar-refractivity contribution in [1.82, 2.24) is 4.40 Å². The second kappa shape index (κ2) is 16.7. The van der Waals surface area contributed by atoms with E-state index in [2.05, 4.69) is 217 Å². The molecule has 0 saturated heterocycles. The summed E-state index contributed by atoms with van der Waals surface area (Å²) in [5, 5.41) is 9.78. The summed E-state index contributed by atoms with van der Waals surface area (Å²) in [6, 6.07) is 88.4. The van der Waals surface area contributed by atoms with E-state index in [1.54, 1.807) is 11.3 Å². The monoisotopic (exact) mass is 1070 g/mol. The molecule has 0 bridgehead atoms. The van der Waals surface area contributed by atoms with E-state index in [1.165, 1.54) is 45.9 Å². The summed E-state index contributed by atoms with van der Waals surface area (Å²) in [6.07, 6.45) is 0. The van der Waals surface area contributed by atoms with Gasteiger partial charge < -0.3 is 0 Å². The van der Waals surface area contributed by atoms with Crippen molar-refractivity contribution >= 4 is 129 Å². The normalized spacial score (nSPS) is 12.5. The summed E-state index contributed by atoms with van der Waals surface area (Å²) in [6.45, 7) is 0. The van der Waals surface area contributed by atoms with Gasteiger partial charge in [-0.05, 0) is 141 Å². The fraction of sp³-hybridized carbons (Fsp3) is 0. The first-order valence-corrected chi connectivity index (χ1v) is 28.9. The Hall–Kier alpha value is -10.2. The van der Waals surface area contributed by atoms with Crippen LogP contribution in [0.2, 0.25) is 0 Å². The van der Waals surface area contributed by atoms with Crippen molar-refractivity contribution in [3.05, 3.63) is 265 Å². The number of pyridine rings is 1. The Balaban J connectivity index is 0.742. The van der Waals surface area contributed by atoms with Crippen molar-refractivity contribution in [3.8, 4) is 61.3 Å². The molecule has 1 aliphatic rings. The number of benzene rings is 12. The zero-order valence-corrected chi connectivity index (χ0v) is 44.8. The van der Waals surface area contributed by atoms with Crippen LogP contribution in [0.3, 0.4) is 0 Å². The van der Waals surface area contributed by atoms with E-state index in [1.807, 2.05) is 56.7 Å². The molecule has 5 nitrogen and oxygen atoms in total. The molecule has 0 N–H and O–H groups in total. The van der Waals surface area contributed by atoms with Crippen molar-refractivity contribution in [3.63, 3.8) is 0 Å². The van der Waals surface area contributed by atoms with E-state index in [0.717, 1.165) is 110 Å². The fourth-order valence-corrected chi connectivity index (χ4v) is 15.6. The Morgan fingerprint density at radius 2 is 0.827 bits per heavy atom. The van der Waals surface area contributed by atoms with Gasteiger partial charge in [0.1, 0.15) is 0 Å². The predicted octanol–water partition coefficient (Wildman–Crippen LogP) is 18.1. The average molecular weight is 1070 g/mol. The van der Waals surface area contributed by atoms with Crippen molar-refractivity contribution in [2.45, 2.75) is 0 Å². The van der Waals surface area contributed by atoms with E-state index in [0.29, 0.717) is 10.9 Å². The Kier molecular flexibility index (Phi) is 9.22. The lowest BCUT2D eigenvalue weighted by atomic mass is 9.90. The summed E-state index contributed by atoms with van der Waals surface area (Å²) >= 11 is 3.62. The quantitative estimate of drug-likeness (QED) is 0.0979. The fourth-order valence-electron chi connectivity index (χ4n) is 13.4. The lowest BCUT2D eigenvalue weighted by Gasteiger charge is -2.16. The molecule has 81 heavy (non-hydrogen) atoms. The number of thiophene rings is 2. The standard InChI is InChI=1S/C74H41N3O2S2/c78-73-56-15-5-4-13-51(56)60-39-49(40-61-57-35-45(25-32-63(57)76(73)71(60)61)46-26-33-68-58(36-46)53-14-6-9-20-67(53)80-68)47-27-34-69-59(37-47)54-31-24-48(41-70(54)81-69)44-23-30-52-55-16-10-19-66-72(55)77(74(79)62(52)38-44)65-18-8-7-17-64(65)75(66)50-28-21-43(22-29-50)42-11-2-1-3-12-42/h1-41H/q+2. The number of nitrogens with zero attached hydrogens (tertiary/aromatic N) is 3. The average Bonchev–Trinajstić information content (AvgIpc) is 4.42. The van der Waals surface area contributed by atoms with Crippen LogP contribution in [0, 0.1) is 0 Å². The molecule has 0 amide bonds. The van der Waals surface area contributed by atoms with Crippen LogP contribution in [0.1, 0.15) is 10.4 Å². The van der Waals surface area contributed by atoms with Crippen molar-refractivity contribution in [2.75, 3.05) is 0 Å². The maximum absolute atomic E-state index is 15.2. The number of aromatic nitrogens is 3. The molecule has 1 aliphatic heterocycles. The maximum Gasteiger partial charge on any atom is 0.426 e. The summed E-state index contributed by atoms with van der Waals surface area (Å²) in [4.78, 5) is 29.7. The molecule has 17 aromatic rings. The smallest absolute Gasteiger partial charge is 0.275 e. The second-order valence-electron chi connectivity index (χ2n) is 21.5. The summed E-state index contributed by atoms with van der Waals surface area (Å²) < 4.78 is 11.1. The van der Waals surface area contributed by atoms with Crippen LogP contribution < -0.4 is 14.7 Å². The first kappa shape index (κ1) is 44.8. The van der Waals surface area contributed by atoms with Crippen LogP contribution in [-0.4, -0.2) is 10.3 Å². The van der Waals surface area contributed by atoms with E-state index in [4.69, 9.17) is 0 Å². The molecule has 0 unspecified atom stereocenters. The summed E-state index contributed by atoms with van der Waals surface area (Å²) in [7, 11) is 0. The molecule has 0 spiro atoms. The number of carbonyl (C=O) groups is 1. The number of hydrogen-bond acceptors (Lipinski definition) is 4. The minimum absolute atomic E-state index is 0.00260. The van der Waals surface area contributed by atoms with Gasteiger partial charge in [0.2, 0.25) is 5.69 Å². The van der Waals surface area contributed by atoms with Crippen molar-refractivity contribution in [2.24, 2.45) is 0 Å². The molecular formula is C74H41N3O2S2+2. The predicted molar refractivity (Wildman–Crippen MR) is 337 cm³/mol. The maximum atomic E-state index is 15.2. The molecule has 0 radical (unpaired) electrons. The van der Waals surface area contributed by atoms with Crippen molar-refractivity contribution < 1.29 is 13.9 Å². The highest BCUT2D eigenvalue weighted by molar-refractivity contribution is 7.26. The molecule has 0 saturated carbocycles. The van der Waals surface area contributed by atoms with Crippen LogP contribution >= 0.6 is 22.7 Å². The Bertz CT molecular complexity index is 5700. The van der Waals surface area contributed by atoms with Crippen LogP contribution in [0.4, 0.5) is 0 Å². The number of para-hydroxylation sites is 3. The Labute approximate surface area is 470 Å². The highest BCUT2D eigenvalue weighted by Crippen LogP contribution is 2.44. The van der Waals surface area contributed by atoms with Gasteiger partial charge in [0.05, 0.1) is 22.2 Å². The van der Waals surface area contributed by atoms with Gasteiger partial charge in [-0.3, -0.25) is 9.20 Å². The lowest BCUT2D eigenvalue weighted by Crippen LogP contribution is -2.51. The third-order valence-electron chi connectivity index (χ3n) is 17.2. The molecule has 18 rings (SSSR count). The van der Waals surface area contributed by atoms with E-state index < -0.39 is 0 Å². The van der Waals surface area contributed by atoms with E-state index in [-0.39, 0.29) is 11.5 Å². The minimum atomic E-state index is -0.0361. The molecule has 0 atom stereocenters. The molecule has 7 heteroatoms. The highest BCUT2D eigenvalue weighted by atomic mass is 32.1. The minimum Gasteiger partial charge on any atom is -0.275 e. The van der Waals surface area contributed by atoms with Gasteiger partial charge in [-0.25, -0.2) is 4.79 Å². The summed E-state index contributed by atoms with van der Waals surface area (Å²) in [5.41, 5.74) is 18.1. The van der Waals surface area contributed by atoms with E-state index in [9.17, 15) is 4.79 Å². The largest absolute Gasteiger partial charge is 0.426 e. The van der Waals surface area contributed by atoms with Gasteiger partial charge >= 0.3 is 5.91 Å². The van der Waals surface area contributed by atoms with Gasteiger partial charge in [0.15, 0.2) is 0 Å². The van der Waals surface area contributed by atoms with Gasteiger partial charge in [-0.2, -0.15) is 0 Å². The van der Waals surface area contributed by atoms with Gasteiger partial charge in [0, 0.05) is 97.8 Å². The second-order valence-corrected chi connectivity index (χ2v) is 23.6. The first-order valence-electron chi connectivity index (χ1n) is 27.3. The molecule has 6 heterocycles. The topological polar surface area (TPSA) is 46.3 Å². The third kappa shape index (κ3) is 6.41. The van der Waals surface area contributed by atoms with Crippen LogP contribution in [0.25, 0.3) is 162 Å². The first-order chi connectivity index (χ1) is 40.0. The third-order valence-corrected chi connectivity index (χ3v) is 19.5. The van der Waals surface area contributed by atoms with Gasteiger partial charge in [-0.1, -0.05) is 127 Å². The number of hydrogen-bond donors (Lipinski definition) is 0. The zero-order valence-electron chi connectivity index (χ0n) is 43.1. The molecule has 0 aliphatic carbocycles. The molecule has 374 valence electrons. The van der Waals surface area contributed by atoms with Crippen molar-refractivity contribution in [1.29, 1.82) is 0 Å².